The molecule has 1 aromatic heterocycles. The Morgan fingerprint density at radius 2 is 2.24 bits per heavy atom. The summed E-state index contributed by atoms with van der Waals surface area (Å²) in [6, 6.07) is 2.08. The quantitative estimate of drug-likeness (QED) is 0.749. The minimum Gasteiger partial charge on any atom is -0.391 e. The van der Waals surface area contributed by atoms with Gasteiger partial charge in [0.1, 0.15) is 18.0 Å². The lowest BCUT2D eigenvalue weighted by Gasteiger charge is -2.34. The van der Waals surface area contributed by atoms with E-state index in [4.69, 9.17) is 0 Å². The Morgan fingerprint density at radius 3 is 3.00 bits per heavy atom. The van der Waals surface area contributed by atoms with E-state index in [0.717, 1.165) is 37.4 Å². The normalized spacial score (nSPS) is 26.6. The van der Waals surface area contributed by atoms with Crippen LogP contribution in [0.2, 0.25) is 0 Å². The summed E-state index contributed by atoms with van der Waals surface area (Å²) >= 11 is 0. The number of aliphatic hydroxyl groups excluding tert-OH is 1. The molecule has 2 fully saturated rings. The molecule has 8 heteroatoms. The summed E-state index contributed by atoms with van der Waals surface area (Å²) in [4.78, 5) is 24.9. The number of nitrogens with zero attached hydrogens (tertiary/aromatic N) is 4. The summed E-state index contributed by atoms with van der Waals surface area (Å²) in [6.07, 6.45) is 4.02. The zero-order chi connectivity index (χ0) is 17.8. The maximum absolute atomic E-state index is 12.4. The van der Waals surface area contributed by atoms with Crippen molar-refractivity contribution in [1.82, 2.24) is 20.2 Å². The molecule has 1 aromatic rings. The van der Waals surface area contributed by atoms with Gasteiger partial charge in [-0.2, -0.15) is 0 Å². The third-order valence-electron chi connectivity index (χ3n) is 4.99. The molecule has 3 atom stereocenters. The van der Waals surface area contributed by atoms with E-state index in [1.54, 1.807) is 11.2 Å². The number of β-amino-alcohol motifs (C(OH)–C–C–N with tert-alkyl or cyclic N) is 1. The first kappa shape index (κ1) is 17.7. The predicted molar refractivity (Wildman–Crippen MR) is 96.7 cm³/mol. The van der Waals surface area contributed by atoms with Crippen LogP contribution in [0.25, 0.3) is 0 Å². The third-order valence-corrected chi connectivity index (χ3v) is 4.99. The second kappa shape index (κ2) is 7.86. The summed E-state index contributed by atoms with van der Waals surface area (Å²) in [5.74, 6) is 2.01. The molecule has 2 aliphatic heterocycles. The number of hydrogen-bond acceptors (Lipinski definition) is 6. The van der Waals surface area contributed by atoms with Crippen molar-refractivity contribution in [3.05, 3.63) is 12.4 Å². The first-order valence-corrected chi connectivity index (χ1v) is 9.04. The molecule has 3 rings (SSSR count). The largest absolute Gasteiger partial charge is 0.391 e. The topological polar surface area (TPSA) is 93.6 Å². The molecule has 0 spiro atoms. The number of piperidine rings is 1. The maximum atomic E-state index is 12.4. The predicted octanol–water partition coefficient (Wildman–Crippen LogP) is 0.899. The molecule has 0 aromatic carbocycles. The Kier molecular flexibility index (Phi) is 5.57. The first-order chi connectivity index (χ1) is 12.1. The number of aliphatic hydroxyl groups is 1. The van der Waals surface area contributed by atoms with Crippen LogP contribution >= 0.6 is 0 Å². The Bertz CT molecular complexity index is 588. The van der Waals surface area contributed by atoms with Crippen LogP contribution in [0.3, 0.4) is 0 Å². The third kappa shape index (κ3) is 4.31. The summed E-state index contributed by atoms with van der Waals surface area (Å²) < 4.78 is 0. The van der Waals surface area contributed by atoms with Crippen molar-refractivity contribution in [3.63, 3.8) is 0 Å². The highest BCUT2D eigenvalue weighted by molar-refractivity contribution is 5.74. The number of carbonyl (C=O) groups excluding carboxylic acids is 1. The molecule has 0 aliphatic carbocycles. The second-order valence-electron chi connectivity index (χ2n) is 7.09. The lowest BCUT2D eigenvalue weighted by Crippen LogP contribution is -2.51. The fourth-order valence-electron chi connectivity index (χ4n) is 3.79. The lowest BCUT2D eigenvalue weighted by atomic mass is 9.98. The Hall–Kier alpha value is -2.09. The lowest BCUT2D eigenvalue weighted by molar-refractivity contribution is 0.0604. The number of nitrogens with one attached hydrogen (secondary N) is 2. The van der Waals surface area contributed by atoms with Gasteiger partial charge < -0.3 is 25.5 Å². The van der Waals surface area contributed by atoms with Crippen LogP contribution in [0.15, 0.2) is 12.4 Å². The zero-order valence-electron chi connectivity index (χ0n) is 15.0. The fraction of sp³-hybridized carbons (Fsp3) is 0.706. The number of anilines is 2. The number of amides is 2. The Balaban J connectivity index is 1.57. The average Bonchev–Trinajstić information content (AvgIpc) is 3.07. The number of urea groups is 1. The molecule has 25 heavy (non-hydrogen) atoms. The van der Waals surface area contributed by atoms with Gasteiger partial charge in [-0.1, -0.05) is 6.92 Å². The monoisotopic (exact) mass is 348 g/mol. The van der Waals surface area contributed by atoms with Crippen LogP contribution in [0, 0.1) is 5.92 Å². The maximum Gasteiger partial charge on any atom is 0.317 e. The van der Waals surface area contributed by atoms with Gasteiger partial charge in [0.05, 0.1) is 6.10 Å². The zero-order valence-corrected chi connectivity index (χ0v) is 15.0. The van der Waals surface area contributed by atoms with Crippen molar-refractivity contribution in [3.8, 4) is 0 Å². The van der Waals surface area contributed by atoms with E-state index < -0.39 is 6.10 Å². The van der Waals surface area contributed by atoms with Crippen LogP contribution in [-0.4, -0.2) is 71.4 Å². The molecule has 138 valence electrons. The van der Waals surface area contributed by atoms with E-state index in [1.807, 2.05) is 13.1 Å². The Morgan fingerprint density at radius 1 is 1.40 bits per heavy atom. The van der Waals surface area contributed by atoms with Crippen LogP contribution in [0.5, 0.6) is 0 Å². The summed E-state index contributed by atoms with van der Waals surface area (Å²) in [6.45, 7) is 4.70. The molecule has 8 nitrogen and oxygen atoms in total. The van der Waals surface area contributed by atoms with Crippen LogP contribution in [-0.2, 0) is 0 Å². The van der Waals surface area contributed by atoms with Gasteiger partial charge in [-0.05, 0) is 25.2 Å². The van der Waals surface area contributed by atoms with Gasteiger partial charge in [0.15, 0.2) is 0 Å². The van der Waals surface area contributed by atoms with E-state index in [1.165, 1.54) is 0 Å². The summed E-state index contributed by atoms with van der Waals surface area (Å²) in [7, 11) is 1.84. The first-order valence-electron chi connectivity index (χ1n) is 9.04. The van der Waals surface area contributed by atoms with Gasteiger partial charge in [0.25, 0.3) is 0 Å². The highest BCUT2D eigenvalue weighted by Gasteiger charge is 2.29. The number of hydrogen-bond donors (Lipinski definition) is 3. The number of carbonyl (C=O) groups is 1. The molecule has 0 saturated carbocycles. The molecule has 2 saturated heterocycles. The van der Waals surface area contributed by atoms with Crippen LogP contribution < -0.4 is 15.5 Å². The molecule has 0 bridgehead atoms. The molecule has 2 aliphatic rings. The van der Waals surface area contributed by atoms with Gasteiger partial charge >= 0.3 is 6.03 Å². The van der Waals surface area contributed by atoms with Crippen molar-refractivity contribution in [2.45, 2.75) is 38.3 Å². The van der Waals surface area contributed by atoms with Crippen LogP contribution in [0.1, 0.15) is 26.2 Å². The van der Waals surface area contributed by atoms with Crippen molar-refractivity contribution >= 4 is 17.7 Å². The highest BCUT2D eigenvalue weighted by Crippen LogP contribution is 2.24. The van der Waals surface area contributed by atoms with Gasteiger partial charge in [0.2, 0.25) is 0 Å². The van der Waals surface area contributed by atoms with E-state index in [0.29, 0.717) is 25.6 Å². The van der Waals surface area contributed by atoms with Crippen molar-refractivity contribution in [2.75, 3.05) is 43.4 Å². The summed E-state index contributed by atoms with van der Waals surface area (Å²) in [5.41, 5.74) is 0. The second-order valence-corrected chi connectivity index (χ2v) is 7.09. The van der Waals surface area contributed by atoms with Crippen molar-refractivity contribution in [1.29, 1.82) is 0 Å². The number of rotatable bonds is 4. The van der Waals surface area contributed by atoms with Gasteiger partial charge in [-0.15, -0.1) is 0 Å². The standard InChI is InChI=1S/C17H28N6O2/c1-12-6-14(24)10-22(9-12)17(25)19-8-13-4-3-5-23(13)16-7-15(18-2)20-11-21-16/h7,11-14,24H,3-6,8-10H2,1-2H3,(H,19,25)(H,18,20,21)/t12-,13?,14+/m0/s1. The fourth-order valence-corrected chi connectivity index (χ4v) is 3.79. The van der Waals surface area contributed by atoms with Crippen molar-refractivity contribution < 1.29 is 9.90 Å². The van der Waals surface area contributed by atoms with E-state index in [2.05, 4.69) is 32.4 Å². The minimum atomic E-state index is -0.418. The molecule has 1 unspecified atom stereocenters. The molecule has 2 amide bonds. The average molecular weight is 348 g/mol. The highest BCUT2D eigenvalue weighted by atomic mass is 16.3. The van der Waals surface area contributed by atoms with Gasteiger partial charge in [-0.25, -0.2) is 14.8 Å². The Labute approximate surface area is 148 Å². The SMILES string of the molecule is CNc1cc(N2CCCC2CNC(=O)N2C[C@@H](C)C[C@@H](O)C2)ncn1. The molecular weight excluding hydrogens is 320 g/mol. The molecule has 0 radical (unpaired) electrons. The minimum absolute atomic E-state index is 0.0870. The van der Waals surface area contributed by atoms with Gasteiger partial charge in [0, 0.05) is 45.3 Å². The number of likely N-dealkylation sites (tertiary alicyclic amines) is 1. The molecular formula is C17H28N6O2. The smallest absolute Gasteiger partial charge is 0.317 e. The van der Waals surface area contributed by atoms with Gasteiger partial charge in [-0.3, -0.25) is 0 Å². The van der Waals surface area contributed by atoms with E-state index >= 15 is 0 Å². The van der Waals surface area contributed by atoms with Crippen LogP contribution in [0.4, 0.5) is 16.4 Å². The van der Waals surface area contributed by atoms with E-state index in [9.17, 15) is 9.90 Å². The summed E-state index contributed by atoms with van der Waals surface area (Å²) in [5, 5.41) is 15.9. The van der Waals surface area contributed by atoms with Crippen molar-refractivity contribution in [2.24, 2.45) is 5.92 Å². The number of aromatic nitrogens is 2. The van der Waals surface area contributed by atoms with E-state index in [-0.39, 0.29) is 12.1 Å². The molecule has 3 N–H and O–H groups in total. The molecule has 3 heterocycles.